The highest BCUT2D eigenvalue weighted by atomic mass is 35.5. The van der Waals surface area contributed by atoms with E-state index in [4.69, 9.17) is 16.3 Å². The Morgan fingerprint density at radius 3 is 2.50 bits per heavy atom. The molecule has 34 heavy (non-hydrogen) atoms. The van der Waals surface area contributed by atoms with Crippen molar-refractivity contribution in [1.29, 1.82) is 0 Å². The summed E-state index contributed by atoms with van der Waals surface area (Å²) >= 11 is 7.15. The number of thiophene rings is 1. The number of benzene rings is 2. The van der Waals surface area contributed by atoms with E-state index in [1.807, 2.05) is 19.1 Å². The highest BCUT2D eigenvalue weighted by Gasteiger charge is 2.21. The van der Waals surface area contributed by atoms with Crippen molar-refractivity contribution in [2.24, 2.45) is 0 Å². The van der Waals surface area contributed by atoms with Crippen molar-refractivity contribution in [2.75, 3.05) is 11.9 Å². The van der Waals surface area contributed by atoms with Gasteiger partial charge in [0, 0.05) is 16.5 Å². The largest absolute Gasteiger partial charge is 0.451 e. The zero-order valence-corrected chi connectivity index (χ0v) is 20.0. The first-order chi connectivity index (χ1) is 16.1. The number of rotatable bonds is 6. The Bertz CT molecular complexity index is 1440. The lowest BCUT2D eigenvalue weighted by atomic mass is 10.1. The van der Waals surface area contributed by atoms with Crippen molar-refractivity contribution in [1.82, 2.24) is 9.78 Å². The summed E-state index contributed by atoms with van der Waals surface area (Å²) in [5, 5.41) is 19.7. The fraction of sp³-hybridized carbons (Fsp3) is 0.174. The molecule has 1 N–H and O–H groups in total. The highest BCUT2D eigenvalue weighted by Crippen LogP contribution is 2.31. The second-order valence-corrected chi connectivity index (χ2v) is 9.11. The molecule has 0 saturated carbocycles. The van der Waals surface area contributed by atoms with Crippen LogP contribution in [0.1, 0.15) is 26.5 Å². The molecule has 0 aliphatic carbocycles. The van der Waals surface area contributed by atoms with Gasteiger partial charge in [-0.05, 0) is 68.3 Å². The Morgan fingerprint density at radius 1 is 1.15 bits per heavy atom. The van der Waals surface area contributed by atoms with Gasteiger partial charge in [0.25, 0.3) is 11.6 Å². The SMILES string of the molecule is Cc1cc(NC(=O)COC(=O)c2cc3c(C)nn(-c4ccc(Cl)cc4)c3s2)c([N+](=O)[O-])cc1C. The van der Waals surface area contributed by atoms with Gasteiger partial charge >= 0.3 is 5.97 Å². The fourth-order valence-corrected chi connectivity index (χ4v) is 4.55. The maximum atomic E-state index is 12.6. The summed E-state index contributed by atoms with van der Waals surface area (Å²) in [5.74, 6) is -1.35. The summed E-state index contributed by atoms with van der Waals surface area (Å²) in [6, 6.07) is 11.7. The van der Waals surface area contributed by atoms with Crippen molar-refractivity contribution in [3.8, 4) is 5.69 Å². The summed E-state index contributed by atoms with van der Waals surface area (Å²) in [5.41, 5.74) is 2.87. The number of carbonyl (C=O) groups is 2. The minimum absolute atomic E-state index is 0.0506. The molecule has 4 aromatic rings. The first kappa shape index (κ1) is 23.4. The van der Waals surface area contributed by atoms with Crippen LogP contribution in [0, 0.1) is 30.9 Å². The third-order valence-electron chi connectivity index (χ3n) is 5.23. The molecule has 174 valence electrons. The number of ether oxygens (including phenoxy) is 1. The van der Waals surface area contributed by atoms with Crippen LogP contribution < -0.4 is 5.32 Å². The van der Waals surface area contributed by atoms with Crippen LogP contribution in [0.5, 0.6) is 0 Å². The molecule has 4 rings (SSSR count). The van der Waals surface area contributed by atoms with Crippen LogP contribution in [0.25, 0.3) is 15.9 Å². The monoisotopic (exact) mass is 498 g/mol. The summed E-state index contributed by atoms with van der Waals surface area (Å²) in [6.45, 7) is 4.78. The zero-order valence-electron chi connectivity index (χ0n) is 18.4. The standard InChI is InChI=1S/C23H19ClN4O5S/c1-12-8-18(19(28(31)32)9-13(12)2)25-21(29)11-33-23(30)20-10-17-14(3)26-27(22(17)34-20)16-6-4-15(24)5-7-16/h4-10H,11H2,1-3H3,(H,25,29). The summed E-state index contributed by atoms with van der Waals surface area (Å²) in [4.78, 5) is 36.7. The highest BCUT2D eigenvalue weighted by molar-refractivity contribution is 7.20. The van der Waals surface area contributed by atoms with E-state index in [0.29, 0.717) is 9.90 Å². The molecule has 1 amide bonds. The Kier molecular flexibility index (Phi) is 6.36. The number of nitrogens with one attached hydrogen (secondary N) is 1. The Labute approximate surface area is 203 Å². The van der Waals surface area contributed by atoms with Crippen molar-refractivity contribution >= 4 is 56.4 Å². The second-order valence-electron chi connectivity index (χ2n) is 7.64. The van der Waals surface area contributed by atoms with Gasteiger partial charge < -0.3 is 10.1 Å². The average Bonchev–Trinajstić information content (AvgIpc) is 3.35. The first-order valence-electron chi connectivity index (χ1n) is 10.1. The molecule has 0 aliphatic rings. The Balaban J connectivity index is 1.48. The van der Waals surface area contributed by atoms with Gasteiger partial charge in [0.1, 0.15) is 15.4 Å². The van der Waals surface area contributed by atoms with Crippen molar-refractivity contribution < 1.29 is 19.2 Å². The van der Waals surface area contributed by atoms with E-state index in [2.05, 4.69) is 10.4 Å². The molecule has 2 aromatic heterocycles. The smallest absolute Gasteiger partial charge is 0.348 e. The number of nitrogens with zero attached hydrogens (tertiary/aromatic N) is 3. The third-order valence-corrected chi connectivity index (χ3v) is 6.58. The topological polar surface area (TPSA) is 116 Å². The van der Waals surface area contributed by atoms with Crippen LogP contribution in [0.3, 0.4) is 0 Å². The number of hydrogen-bond acceptors (Lipinski definition) is 7. The van der Waals surface area contributed by atoms with E-state index >= 15 is 0 Å². The number of nitro benzene ring substituents is 1. The molecule has 0 bridgehead atoms. The number of fused-ring (bicyclic) bond motifs is 1. The van der Waals surface area contributed by atoms with E-state index in [1.54, 1.807) is 36.7 Å². The number of carbonyl (C=O) groups excluding carboxylic acids is 2. The van der Waals surface area contributed by atoms with Gasteiger partial charge in [-0.3, -0.25) is 14.9 Å². The lowest BCUT2D eigenvalue weighted by Crippen LogP contribution is -2.21. The number of nitro groups is 1. The predicted molar refractivity (Wildman–Crippen MR) is 130 cm³/mol. The Hall–Kier alpha value is -3.76. The van der Waals surface area contributed by atoms with Gasteiger partial charge in [-0.1, -0.05) is 11.6 Å². The van der Waals surface area contributed by atoms with Crippen molar-refractivity contribution in [3.63, 3.8) is 0 Å². The maximum Gasteiger partial charge on any atom is 0.348 e. The molecule has 0 fully saturated rings. The molecule has 0 unspecified atom stereocenters. The van der Waals surface area contributed by atoms with Gasteiger partial charge in [-0.25, -0.2) is 9.48 Å². The van der Waals surface area contributed by atoms with Gasteiger partial charge in [0.05, 0.1) is 16.3 Å². The minimum Gasteiger partial charge on any atom is -0.451 e. The maximum absolute atomic E-state index is 12.6. The molecule has 2 heterocycles. The molecule has 2 aromatic carbocycles. The second kappa shape index (κ2) is 9.24. The zero-order chi connectivity index (χ0) is 24.6. The number of esters is 1. The summed E-state index contributed by atoms with van der Waals surface area (Å²) < 4.78 is 6.88. The van der Waals surface area contributed by atoms with Crippen LogP contribution in [-0.2, 0) is 9.53 Å². The minimum atomic E-state index is -0.677. The molecule has 0 aliphatic heterocycles. The lowest BCUT2D eigenvalue weighted by molar-refractivity contribution is -0.384. The number of aryl methyl sites for hydroxylation is 3. The number of halogens is 1. The molecule has 0 saturated heterocycles. The van der Waals surface area contributed by atoms with Gasteiger partial charge in [0.15, 0.2) is 6.61 Å². The third kappa shape index (κ3) is 4.63. The fourth-order valence-electron chi connectivity index (χ4n) is 3.35. The molecule has 0 spiro atoms. The summed E-state index contributed by atoms with van der Waals surface area (Å²) in [7, 11) is 0. The molecular weight excluding hydrogens is 480 g/mol. The van der Waals surface area contributed by atoms with Crippen LogP contribution in [-0.4, -0.2) is 33.2 Å². The van der Waals surface area contributed by atoms with Gasteiger partial charge in [-0.15, -0.1) is 11.3 Å². The number of amides is 1. The molecule has 11 heteroatoms. The van der Waals surface area contributed by atoms with Crippen molar-refractivity contribution in [2.45, 2.75) is 20.8 Å². The van der Waals surface area contributed by atoms with E-state index in [-0.39, 0.29) is 11.4 Å². The lowest BCUT2D eigenvalue weighted by Gasteiger charge is -2.09. The quantitative estimate of drug-likeness (QED) is 0.217. The van der Waals surface area contributed by atoms with Crippen LogP contribution in [0.2, 0.25) is 5.02 Å². The van der Waals surface area contributed by atoms with Gasteiger partial charge in [-0.2, -0.15) is 5.10 Å². The predicted octanol–water partition coefficient (Wildman–Crippen LogP) is 5.37. The van der Waals surface area contributed by atoms with Crippen LogP contribution >= 0.6 is 22.9 Å². The molecule has 9 nitrogen and oxygen atoms in total. The summed E-state index contributed by atoms with van der Waals surface area (Å²) in [6.07, 6.45) is 0. The van der Waals surface area contributed by atoms with Crippen LogP contribution in [0.4, 0.5) is 11.4 Å². The van der Waals surface area contributed by atoms with E-state index in [1.165, 1.54) is 23.5 Å². The first-order valence-corrected chi connectivity index (χ1v) is 11.3. The molecular formula is C23H19ClN4O5S. The van der Waals surface area contributed by atoms with Gasteiger partial charge in [0.2, 0.25) is 0 Å². The van der Waals surface area contributed by atoms with E-state index in [0.717, 1.165) is 32.7 Å². The average molecular weight is 499 g/mol. The number of anilines is 1. The van der Waals surface area contributed by atoms with Crippen LogP contribution in [0.15, 0.2) is 42.5 Å². The number of hydrogen-bond donors (Lipinski definition) is 1. The van der Waals surface area contributed by atoms with E-state index < -0.39 is 23.4 Å². The Morgan fingerprint density at radius 2 is 1.82 bits per heavy atom. The van der Waals surface area contributed by atoms with Crippen molar-refractivity contribution in [3.05, 3.63) is 79.3 Å². The molecule has 0 atom stereocenters. The normalized spacial score (nSPS) is 10.9. The molecule has 0 radical (unpaired) electrons. The van der Waals surface area contributed by atoms with E-state index in [9.17, 15) is 19.7 Å². The number of aromatic nitrogens is 2.